The molecule has 7 nitrogen and oxygen atoms in total. The van der Waals surface area contributed by atoms with Crippen LogP contribution in [0.15, 0.2) is 41.2 Å². The second kappa shape index (κ2) is 8.26. The summed E-state index contributed by atoms with van der Waals surface area (Å²) < 4.78 is 12.0. The van der Waals surface area contributed by atoms with Crippen molar-refractivity contribution in [2.75, 3.05) is 21.3 Å². The quantitative estimate of drug-likeness (QED) is 0.642. The Balaban J connectivity index is 2.03. The van der Waals surface area contributed by atoms with Crippen LogP contribution in [0.3, 0.4) is 0 Å². The SMILES string of the molecule is CNC(=O)CCc1c2n(c(=O)c3cc(OC)ccc13)CCc1ccc(C(=O)OC)cc1-2. The Morgan fingerprint density at radius 2 is 1.90 bits per heavy atom. The number of nitrogens with zero attached hydrogens (tertiary/aromatic N) is 1. The second-order valence-corrected chi connectivity index (χ2v) is 7.48. The fraction of sp³-hybridized carbons (Fsp3) is 0.292. The molecular weight excluding hydrogens is 396 g/mol. The highest BCUT2D eigenvalue weighted by Gasteiger charge is 2.25. The first-order valence-corrected chi connectivity index (χ1v) is 10.1. The predicted octanol–water partition coefficient (Wildman–Crippen LogP) is 2.70. The van der Waals surface area contributed by atoms with Gasteiger partial charge in [-0.1, -0.05) is 12.1 Å². The van der Waals surface area contributed by atoms with Gasteiger partial charge < -0.3 is 19.4 Å². The first-order valence-electron chi connectivity index (χ1n) is 10.1. The van der Waals surface area contributed by atoms with E-state index < -0.39 is 5.97 Å². The van der Waals surface area contributed by atoms with E-state index in [0.29, 0.717) is 36.1 Å². The van der Waals surface area contributed by atoms with Gasteiger partial charge in [0.25, 0.3) is 5.56 Å². The molecule has 0 spiro atoms. The van der Waals surface area contributed by atoms with Gasteiger partial charge in [0.1, 0.15) is 5.75 Å². The molecule has 1 aliphatic rings. The standard InChI is InChI=1S/C24H24N2O5/c1-25-21(27)9-8-18-17-7-6-16(30-2)13-20(17)23(28)26-11-10-14-4-5-15(24(29)31-3)12-19(14)22(18)26/h4-7,12-13H,8-11H2,1-3H3,(H,25,27). The van der Waals surface area contributed by atoms with E-state index in [1.165, 1.54) is 7.11 Å². The number of rotatable bonds is 5. The lowest BCUT2D eigenvalue weighted by molar-refractivity contribution is -0.120. The van der Waals surface area contributed by atoms with Gasteiger partial charge in [-0.3, -0.25) is 9.59 Å². The number of methoxy groups -OCH3 is 2. The number of amides is 1. The van der Waals surface area contributed by atoms with E-state index in [1.807, 2.05) is 18.2 Å². The monoisotopic (exact) mass is 420 g/mol. The summed E-state index contributed by atoms with van der Waals surface area (Å²) in [6, 6.07) is 10.9. The summed E-state index contributed by atoms with van der Waals surface area (Å²) in [6.45, 7) is 0.527. The minimum Gasteiger partial charge on any atom is -0.497 e. The van der Waals surface area contributed by atoms with Gasteiger partial charge in [0, 0.05) is 25.6 Å². The highest BCUT2D eigenvalue weighted by atomic mass is 16.5. The van der Waals surface area contributed by atoms with Crippen molar-refractivity contribution in [2.24, 2.45) is 0 Å². The zero-order valence-electron chi connectivity index (χ0n) is 17.8. The van der Waals surface area contributed by atoms with Gasteiger partial charge in [0.2, 0.25) is 5.91 Å². The van der Waals surface area contributed by atoms with Crippen molar-refractivity contribution >= 4 is 22.6 Å². The van der Waals surface area contributed by atoms with Crippen molar-refractivity contribution in [3.63, 3.8) is 0 Å². The van der Waals surface area contributed by atoms with Gasteiger partial charge in [0.15, 0.2) is 0 Å². The van der Waals surface area contributed by atoms with E-state index in [0.717, 1.165) is 27.8 Å². The molecule has 160 valence electrons. The van der Waals surface area contributed by atoms with Gasteiger partial charge in [-0.15, -0.1) is 0 Å². The molecule has 1 N–H and O–H groups in total. The highest BCUT2D eigenvalue weighted by molar-refractivity contribution is 5.95. The summed E-state index contributed by atoms with van der Waals surface area (Å²) in [5, 5.41) is 4.00. The fourth-order valence-corrected chi connectivity index (χ4v) is 4.26. The molecule has 1 amide bonds. The summed E-state index contributed by atoms with van der Waals surface area (Å²) in [6.07, 6.45) is 1.42. The Hall–Kier alpha value is -3.61. The van der Waals surface area contributed by atoms with Crippen LogP contribution < -0.4 is 15.6 Å². The average molecular weight is 420 g/mol. The molecule has 2 heterocycles. The molecule has 0 bridgehead atoms. The molecule has 0 saturated carbocycles. The molecule has 1 aliphatic heterocycles. The summed E-state index contributed by atoms with van der Waals surface area (Å²) in [7, 11) is 4.51. The number of hydrogen-bond acceptors (Lipinski definition) is 5. The summed E-state index contributed by atoms with van der Waals surface area (Å²) in [4.78, 5) is 37.6. The predicted molar refractivity (Wildman–Crippen MR) is 118 cm³/mol. The first-order chi connectivity index (χ1) is 15.0. The van der Waals surface area contributed by atoms with Gasteiger partial charge in [-0.05, 0) is 53.6 Å². The maximum atomic E-state index is 13.4. The van der Waals surface area contributed by atoms with Crippen molar-refractivity contribution in [3.8, 4) is 17.0 Å². The largest absolute Gasteiger partial charge is 0.497 e. The van der Waals surface area contributed by atoms with Crippen LogP contribution in [0.2, 0.25) is 0 Å². The van der Waals surface area contributed by atoms with Gasteiger partial charge in [0.05, 0.1) is 30.9 Å². The van der Waals surface area contributed by atoms with Crippen molar-refractivity contribution in [1.29, 1.82) is 0 Å². The topological polar surface area (TPSA) is 86.6 Å². The molecule has 2 aromatic carbocycles. The lowest BCUT2D eigenvalue weighted by Crippen LogP contribution is -2.28. The van der Waals surface area contributed by atoms with E-state index in [-0.39, 0.29) is 17.9 Å². The summed E-state index contributed by atoms with van der Waals surface area (Å²) in [5.74, 6) is 0.0947. The van der Waals surface area contributed by atoms with Gasteiger partial charge in [-0.2, -0.15) is 0 Å². The molecule has 0 aliphatic carbocycles. The van der Waals surface area contributed by atoms with Crippen LogP contribution in [0.5, 0.6) is 5.75 Å². The van der Waals surface area contributed by atoms with Crippen LogP contribution in [0, 0.1) is 0 Å². The molecule has 1 aromatic heterocycles. The Morgan fingerprint density at radius 3 is 2.61 bits per heavy atom. The van der Waals surface area contributed by atoms with E-state index in [1.54, 1.807) is 36.9 Å². The maximum absolute atomic E-state index is 13.4. The van der Waals surface area contributed by atoms with Crippen LogP contribution >= 0.6 is 0 Å². The number of aryl methyl sites for hydroxylation is 2. The molecule has 31 heavy (non-hydrogen) atoms. The summed E-state index contributed by atoms with van der Waals surface area (Å²) in [5.41, 5.74) is 3.87. The molecule has 7 heteroatoms. The number of aromatic nitrogens is 1. The van der Waals surface area contributed by atoms with Crippen LogP contribution in [0.1, 0.15) is 27.9 Å². The highest BCUT2D eigenvalue weighted by Crippen LogP contribution is 2.36. The number of ether oxygens (including phenoxy) is 2. The fourth-order valence-electron chi connectivity index (χ4n) is 4.26. The minimum absolute atomic E-state index is 0.0778. The number of pyridine rings is 1. The maximum Gasteiger partial charge on any atom is 0.337 e. The zero-order valence-corrected chi connectivity index (χ0v) is 17.8. The van der Waals surface area contributed by atoms with E-state index in [2.05, 4.69) is 5.32 Å². The van der Waals surface area contributed by atoms with Crippen LogP contribution in [-0.4, -0.2) is 37.7 Å². The number of hydrogen-bond donors (Lipinski definition) is 1. The van der Waals surface area contributed by atoms with Gasteiger partial charge >= 0.3 is 5.97 Å². The zero-order chi connectivity index (χ0) is 22.1. The lowest BCUT2D eigenvalue weighted by Gasteiger charge is -2.26. The van der Waals surface area contributed by atoms with Crippen molar-refractivity contribution in [1.82, 2.24) is 9.88 Å². The third-order valence-corrected chi connectivity index (χ3v) is 5.85. The number of carbonyl (C=O) groups is 2. The Morgan fingerprint density at radius 1 is 1.10 bits per heavy atom. The third kappa shape index (κ3) is 3.56. The number of carbonyl (C=O) groups excluding carboxylic acids is 2. The van der Waals surface area contributed by atoms with Crippen LogP contribution in [-0.2, 0) is 28.9 Å². The molecule has 0 saturated heterocycles. The molecule has 4 rings (SSSR count). The molecule has 0 fully saturated rings. The van der Waals surface area contributed by atoms with E-state index in [4.69, 9.17) is 9.47 Å². The Bertz CT molecular complexity index is 1260. The minimum atomic E-state index is -0.431. The molecule has 3 aromatic rings. The summed E-state index contributed by atoms with van der Waals surface area (Å²) >= 11 is 0. The number of fused-ring (bicyclic) bond motifs is 4. The smallest absolute Gasteiger partial charge is 0.337 e. The van der Waals surface area contributed by atoms with E-state index in [9.17, 15) is 14.4 Å². The van der Waals surface area contributed by atoms with Crippen molar-refractivity contribution in [3.05, 3.63) is 63.4 Å². The number of esters is 1. The average Bonchev–Trinajstić information content (AvgIpc) is 2.82. The first kappa shape index (κ1) is 20.7. The molecular formula is C24H24N2O5. The van der Waals surface area contributed by atoms with Crippen molar-refractivity contribution < 1.29 is 19.1 Å². The lowest BCUT2D eigenvalue weighted by atomic mass is 9.89. The van der Waals surface area contributed by atoms with Crippen LogP contribution in [0.4, 0.5) is 0 Å². The van der Waals surface area contributed by atoms with Gasteiger partial charge in [-0.25, -0.2) is 4.79 Å². The molecule has 0 atom stereocenters. The third-order valence-electron chi connectivity index (χ3n) is 5.85. The Kier molecular flexibility index (Phi) is 5.50. The van der Waals surface area contributed by atoms with Crippen molar-refractivity contribution in [2.45, 2.75) is 25.8 Å². The normalized spacial score (nSPS) is 12.1. The molecule has 0 unspecified atom stereocenters. The molecule has 0 radical (unpaired) electrons. The Labute approximate surface area is 179 Å². The number of nitrogens with one attached hydrogen (secondary N) is 1. The van der Waals surface area contributed by atoms with E-state index >= 15 is 0 Å². The number of benzene rings is 2. The second-order valence-electron chi connectivity index (χ2n) is 7.48. The van der Waals surface area contributed by atoms with Crippen LogP contribution in [0.25, 0.3) is 22.0 Å².